The molecule has 0 bridgehead atoms. The van der Waals surface area contributed by atoms with E-state index in [0.29, 0.717) is 27.7 Å². The van der Waals surface area contributed by atoms with Crippen molar-refractivity contribution in [1.29, 1.82) is 16.1 Å². The number of piperidine rings is 1. The normalized spacial score (nSPS) is 17.7. The van der Waals surface area contributed by atoms with E-state index in [2.05, 4.69) is 38.0 Å². The lowest BCUT2D eigenvalue weighted by Crippen LogP contribution is -2.62. The number of nitrogens with one attached hydrogen (secondary N) is 3. The fraction of sp³-hybridized carbons (Fsp3) is 0.478. The van der Waals surface area contributed by atoms with Gasteiger partial charge in [-0.2, -0.15) is 5.26 Å². The lowest BCUT2D eigenvalue weighted by atomic mass is 9.79. The van der Waals surface area contributed by atoms with Gasteiger partial charge >= 0.3 is 0 Å². The van der Waals surface area contributed by atoms with Crippen LogP contribution in [0.25, 0.3) is 10.9 Å². The van der Waals surface area contributed by atoms with Crippen LogP contribution in [-0.4, -0.2) is 51.4 Å². The van der Waals surface area contributed by atoms with Crippen LogP contribution in [0.1, 0.15) is 51.8 Å². The van der Waals surface area contributed by atoms with E-state index < -0.39 is 0 Å². The first-order valence-corrected chi connectivity index (χ1v) is 11.0. The van der Waals surface area contributed by atoms with Crippen LogP contribution in [0.5, 0.6) is 5.75 Å². The Morgan fingerprint density at radius 3 is 2.45 bits per heavy atom. The van der Waals surface area contributed by atoms with E-state index in [1.165, 1.54) is 0 Å². The zero-order chi connectivity index (χ0) is 23.0. The zero-order valence-corrected chi connectivity index (χ0v) is 19.8. The van der Waals surface area contributed by atoms with Gasteiger partial charge in [0.2, 0.25) is 0 Å². The molecule has 0 amide bonds. The maximum Gasteiger partial charge on any atom is 0.162 e. The van der Waals surface area contributed by atoms with Gasteiger partial charge in [0, 0.05) is 41.2 Å². The second-order valence-electron chi connectivity index (χ2n) is 9.36. The van der Waals surface area contributed by atoms with Gasteiger partial charge in [-0.3, -0.25) is 10.8 Å². The van der Waals surface area contributed by atoms with Crippen LogP contribution in [0.15, 0.2) is 24.3 Å². The Morgan fingerprint density at radius 1 is 1.23 bits per heavy atom. The van der Waals surface area contributed by atoms with E-state index >= 15 is 0 Å². The summed E-state index contributed by atoms with van der Waals surface area (Å²) in [7, 11) is 3.49. The minimum absolute atomic E-state index is 0.0179. The molecule has 1 saturated heterocycles. The van der Waals surface area contributed by atoms with Crippen molar-refractivity contribution >= 4 is 32.9 Å². The fourth-order valence-electron chi connectivity index (χ4n) is 4.49. The maximum atomic E-state index is 9.08. The van der Waals surface area contributed by atoms with Gasteiger partial charge in [0.15, 0.2) is 5.17 Å². The van der Waals surface area contributed by atoms with Gasteiger partial charge in [0.05, 0.1) is 12.6 Å². The summed E-state index contributed by atoms with van der Waals surface area (Å²) in [6.45, 7) is 8.77. The van der Waals surface area contributed by atoms with Gasteiger partial charge in [0.25, 0.3) is 0 Å². The van der Waals surface area contributed by atoms with Crippen LogP contribution in [0.2, 0.25) is 0 Å². The van der Waals surface area contributed by atoms with E-state index in [1.54, 1.807) is 19.2 Å². The van der Waals surface area contributed by atoms with Crippen LogP contribution >= 0.6 is 11.8 Å². The lowest BCUT2D eigenvalue weighted by molar-refractivity contribution is 0.114. The molecule has 1 aromatic heterocycles. The number of nitrogens with zero attached hydrogens (tertiary/aromatic N) is 3. The average molecular weight is 439 g/mol. The van der Waals surface area contributed by atoms with Crippen molar-refractivity contribution in [1.82, 2.24) is 15.2 Å². The quantitative estimate of drug-likeness (QED) is 0.486. The summed E-state index contributed by atoms with van der Waals surface area (Å²) < 4.78 is 5.49. The predicted molar refractivity (Wildman–Crippen MR) is 127 cm³/mol. The van der Waals surface area contributed by atoms with E-state index in [4.69, 9.17) is 20.8 Å². The maximum absolute atomic E-state index is 9.08. The number of fused-ring (bicyclic) bond motifs is 1. The van der Waals surface area contributed by atoms with Gasteiger partial charge in [0.1, 0.15) is 22.6 Å². The molecule has 0 spiro atoms. The highest BCUT2D eigenvalue weighted by atomic mass is 32.2. The topological polar surface area (TPSA) is 109 Å². The molecule has 3 rings (SSSR count). The summed E-state index contributed by atoms with van der Waals surface area (Å²) in [5.41, 5.74) is 1.55. The third-order valence-electron chi connectivity index (χ3n) is 5.61. The third kappa shape index (κ3) is 5.17. The minimum Gasteiger partial charge on any atom is -0.496 e. The first kappa shape index (κ1) is 23.0. The molecule has 31 heavy (non-hydrogen) atoms. The molecule has 1 aromatic carbocycles. The number of nitriles is 1. The summed E-state index contributed by atoms with van der Waals surface area (Å²) in [5, 5.41) is 31.5. The van der Waals surface area contributed by atoms with Crippen molar-refractivity contribution < 1.29 is 4.74 Å². The van der Waals surface area contributed by atoms with Gasteiger partial charge in [-0.1, -0.05) is 0 Å². The van der Waals surface area contributed by atoms with Crippen molar-refractivity contribution in [3.63, 3.8) is 0 Å². The molecule has 1 aliphatic heterocycles. The first-order valence-electron chi connectivity index (χ1n) is 10.2. The van der Waals surface area contributed by atoms with Crippen molar-refractivity contribution in [2.75, 3.05) is 14.2 Å². The highest BCUT2D eigenvalue weighted by molar-refractivity contribution is 8.26. The molecule has 0 saturated carbocycles. The van der Waals surface area contributed by atoms with E-state index in [1.807, 2.05) is 30.1 Å². The second kappa shape index (κ2) is 8.48. The number of amidine groups is 1. The number of hydrogen-bond acceptors (Lipinski definition) is 7. The second-order valence-corrected chi connectivity index (χ2v) is 10.4. The smallest absolute Gasteiger partial charge is 0.162 e. The van der Waals surface area contributed by atoms with Gasteiger partial charge in [-0.15, -0.1) is 0 Å². The highest BCUT2D eigenvalue weighted by Crippen LogP contribution is 2.33. The first-order chi connectivity index (χ1) is 14.4. The molecule has 164 valence electrons. The molecule has 1 fully saturated rings. The highest BCUT2D eigenvalue weighted by Gasteiger charge is 2.39. The van der Waals surface area contributed by atoms with Crippen LogP contribution in [0, 0.1) is 22.1 Å². The molecular weight excluding hydrogens is 408 g/mol. The average Bonchev–Trinajstić information content (AvgIpc) is 2.69. The van der Waals surface area contributed by atoms with E-state index in [0.717, 1.165) is 30.0 Å². The Hall–Kier alpha value is -2.63. The summed E-state index contributed by atoms with van der Waals surface area (Å²) in [6, 6.07) is 9.31. The Morgan fingerprint density at radius 2 is 1.87 bits per heavy atom. The molecule has 8 heteroatoms. The molecule has 7 nitrogen and oxygen atoms in total. The van der Waals surface area contributed by atoms with Gasteiger partial charge < -0.3 is 15.0 Å². The number of pyridine rings is 1. The number of benzene rings is 1. The molecule has 0 unspecified atom stereocenters. The monoisotopic (exact) mass is 438 g/mol. The summed E-state index contributed by atoms with van der Waals surface area (Å²) in [6.07, 6.45) is 1.85. The van der Waals surface area contributed by atoms with Crippen LogP contribution in [0.3, 0.4) is 0 Å². The van der Waals surface area contributed by atoms with Crippen molar-refractivity contribution in [3.05, 3.63) is 35.5 Å². The van der Waals surface area contributed by atoms with Gasteiger partial charge in [-0.25, -0.2) is 4.98 Å². The summed E-state index contributed by atoms with van der Waals surface area (Å²) >= 11 is 1.12. The van der Waals surface area contributed by atoms with E-state index in [9.17, 15) is 0 Å². The molecule has 0 aliphatic carbocycles. The van der Waals surface area contributed by atoms with Crippen LogP contribution in [-0.2, 0) is 0 Å². The number of ether oxygens (including phenoxy) is 1. The zero-order valence-electron chi connectivity index (χ0n) is 19.0. The van der Waals surface area contributed by atoms with Crippen LogP contribution in [0.4, 0.5) is 0 Å². The number of rotatable bonds is 3. The van der Waals surface area contributed by atoms with Crippen molar-refractivity contribution in [2.24, 2.45) is 0 Å². The van der Waals surface area contributed by atoms with Crippen LogP contribution < -0.4 is 10.1 Å². The Kier molecular flexibility index (Phi) is 6.30. The number of thioether (sulfide) groups is 1. The molecule has 0 atom stereocenters. The standard InChI is InChI=1S/C23H30N6OS/c1-22(2)11-16(12-23(3,4)28-22)29(5)21(26)31-20(25)17-9-14-7-8-15(13-24)27-18(14)10-19(17)30-6/h7-10,16,25-26,28H,11-12H2,1-6H3. The van der Waals surface area contributed by atoms with Crippen molar-refractivity contribution in [3.8, 4) is 11.8 Å². The molecule has 1 aliphatic rings. The Bertz CT molecular complexity index is 1060. The number of aromatic nitrogens is 1. The third-order valence-corrected chi connectivity index (χ3v) is 6.51. The SMILES string of the molecule is COc1cc2nc(C#N)ccc2cc1C(=N)SC(=N)N(C)C1CC(C)(C)NC(C)(C)C1. The molecule has 2 heterocycles. The Labute approximate surface area is 188 Å². The molecular formula is C23H30N6OS. The molecule has 2 aromatic rings. The fourth-order valence-corrected chi connectivity index (χ4v) is 5.25. The predicted octanol–water partition coefficient (Wildman–Crippen LogP) is 4.35. The van der Waals surface area contributed by atoms with Gasteiger partial charge in [-0.05, 0) is 70.5 Å². The lowest BCUT2D eigenvalue weighted by Gasteiger charge is -2.49. The summed E-state index contributed by atoms with van der Waals surface area (Å²) in [4.78, 5) is 6.29. The Balaban J connectivity index is 1.81. The largest absolute Gasteiger partial charge is 0.496 e. The number of methoxy groups -OCH3 is 1. The number of hydrogen-bond donors (Lipinski definition) is 3. The molecule has 0 radical (unpaired) electrons. The molecule has 3 N–H and O–H groups in total. The van der Waals surface area contributed by atoms with Crippen molar-refractivity contribution in [2.45, 2.75) is 57.7 Å². The minimum atomic E-state index is -0.0179. The summed E-state index contributed by atoms with van der Waals surface area (Å²) in [5.74, 6) is 0.507. The van der Waals surface area contributed by atoms with E-state index in [-0.39, 0.29) is 22.2 Å².